The van der Waals surface area contributed by atoms with Crippen LogP contribution in [0.15, 0.2) is 12.4 Å². The molecule has 94 valence electrons. The summed E-state index contributed by atoms with van der Waals surface area (Å²) in [6.45, 7) is 8.61. The van der Waals surface area contributed by atoms with Crippen molar-refractivity contribution in [3.8, 4) is 0 Å². The molecule has 0 aromatic carbocycles. The molecule has 17 heavy (non-hydrogen) atoms. The zero-order valence-electron chi connectivity index (χ0n) is 10.8. The zero-order valence-corrected chi connectivity index (χ0v) is 10.8. The molecule has 1 aromatic heterocycles. The Balaban J connectivity index is 2.03. The summed E-state index contributed by atoms with van der Waals surface area (Å²) < 4.78 is 0. The molecule has 0 spiro atoms. The van der Waals surface area contributed by atoms with E-state index in [0.29, 0.717) is 0 Å². The molecule has 4 nitrogen and oxygen atoms in total. The van der Waals surface area contributed by atoms with Gasteiger partial charge in [-0.2, -0.15) is 0 Å². The normalized spacial score (nSPS) is 20.2. The maximum absolute atomic E-state index is 4.46. The van der Waals surface area contributed by atoms with Crippen LogP contribution in [0.1, 0.15) is 25.5 Å². The molecule has 1 aromatic rings. The summed E-state index contributed by atoms with van der Waals surface area (Å²) in [6.07, 6.45) is 6.16. The van der Waals surface area contributed by atoms with Gasteiger partial charge >= 0.3 is 0 Å². The Hall–Kier alpha value is -1.16. The first-order valence-electron chi connectivity index (χ1n) is 6.54. The summed E-state index contributed by atoms with van der Waals surface area (Å²) in [4.78, 5) is 11.1. The van der Waals surface area contributed by atoms with Crippen LogP contribution in [0, 0.1) is 12.8 Å². The molecule has 4 heteroatoms. The maximum atomic E-state index is 4.46. The number of rotatable bonds is 4. The molecular formula is C13H22N4. The predicted octanol–water partition coefficient (Wildman–Crippen LogP) is 1.61. The van der Waals surface area contributed by atoms with Crippen molar-refractivity contribution in [3.05, 3.63) is 18.1 Å². The van der Waals surface area contributed by atoms with Crippen molar-refractivity contribution >= 4 is 5.82 Å². The van der Waals surface area contributed by atoms with Crippen LogP contribution >= 0.6 is 0 Å². The van der Waals surface area contributed by atoms with Gasteiger partial charge in [0, 0.05) is 25.5 Å². The molecule has 1 atom stereocenters. The third-order valence-electron chi connectivity index (χ3n) is 3.41. The van der Waals surface area contributed by atoms with E-state index >= 15 is 0 Å². The summed E-state index contributed by atoms with van der Waals surface area (Å²) in [5, 5.41) is 3.47. The highest BCUT2D eigenvalue weighted by Crippen LogP contribution is 2.18. The number of nitrogens with one attached hydrogen (secondary N) is 1. The average molecular weight is 234 g/mol. The highest BCUT2D eigenvalue weighted by molar-refractivity contribution is 5.42. The second-order valence-electron chi connectivity index (χ2n) is 4.72. The lowest BCUT2D eigenvalue weighted by Crippen LogP contribution is -2.39. The molecular weight excluding hydrogens is 212 g/mol. The van der Waals surface area contributed by atoms with Crippen molar-refractivity contribution in [2.45, 2.75) is 26.7 Å². The van der Waals surface area contributed by atoms with Crippen molar-refractivity contribution < 1.29 is 0 Å². The largest absolute Gasteiger partial charge is 0.355 e. The number of aryl methyl sites for hydroxylation is 1. The Morgan fingerprint density at radius 2 is 2.24 bits per heavy atom. The van der Waals surface area contributed by atoms with Crippen LogP contribution in [0.3, 0.4) is 0 Å². The predicted molar refractivity (Wildman–Crippen MR) is 70.2 cm³/mol. The van der Waals surface area contributed by atoms with E-state index in [4.69, 9.17) is 0 Å². The maximum Gasteiger partial charge on any atom is 0.150 e. The molecule has 0 radical (unpaired) electrons. The molecule has 0 aliphatic carbocycles. The fraction of sp³-hybridized carbons (Fsp3) is 0.692. The summed E-state index contributed by atoms with van der Waals surface area (Å²) in [5.74, 6) is 1.78. The first-order chi connectivity index (χ1) is 8.31. The van der Waals surface area contributed by atoms with Crippen LogP contribution in [0.5, 0.6) is 0 Å². The van der Waals surface area contributed by atoms with Crippen molar-refractivity contribution in [1.82, 2.24) is 15.3 Å². The second kappa shape index (κ2) is 5.96. The van der Waals surface area contributed by atoms with E-state index in [1.807, 2.05) is 6.92 Å². The number of aromatic nitrogens is 2. The van der Waals surface area contributed by atoms with E-state index in [-0.39, 0.29) is 0 Å². The van der Waals surface area contributed by atoms with E-state index < -0.39 is 0 Å². The lowest BCUT2D eigenvalue weighted by atomic mass is 9.99. The lowest BCUT2D eigenvalue weighted by Gasteiger charge is -2.30. The second-order valence-corrected chi connectivity index (χ2v) is 4.72. The Labute approximate surface area is 103 Å². The van der Waals surface area contributed by atoms with E-state index in [2.05, 4.69) is 27.1 Å². The third kappa shape index (κ3) is 3.16. The van der Waals surface area contributed by atoms with Gasteiger partial charge in [0.1, 0.15) is 5.82 Å². The number of hydrogen-bond donors (Lipinski definition) is 1. The average Bonchev–Trinajstić information content (AvgIpc) is 2.38. The highest BCUT2D eigenvalue weighted by Gasteiger charge is 2.18. The number of hydrogen-bond acceptors (Lipinski definition) is 4. The molecule has 1 aliphatic rings. The minimum Gasteiger partial charge on any atom is -0.355 e. The van der Waals surface area contributed by atoms with Crippen molar-refractivity contribution in [2.24, 2.45) is 5.92 Å². The topological polar surface area (TPSA) is 41.0 Å². The van der Waals surface area contributed by atoms with Gasteiger partial charge < -0.3 is 10.2 Å². The summed E-state index contributed by atoms with van der Waals surface area (Å²) in [5.41, 5.74) is 1.03. The first-order valence-corrected chi connectivity index (χ1v) is 6.54. The minimum atomic E-state index is 0.741. The molecule has 0 saturated carbocycles. The fourth-order valence-corrected chi connectivity index (χ4v) is 2.47. The molecule has 0 amide bonds. The fourth-order valence-electron chi connectivity index (χ4n) is 2.47. The third-order valence-corrected chi connectivity index (χ3v) is 3.41. The van der Waals surface area contributed by atoms with Gasteiger partial charge in [0.2, 0.25) is 0 Å². The first kappa shape index (κ1) is 12.3. The van der Waals surface area contributed by atoms with Gasteiger partial charge in [0.25, 0.3) is 0 Å². The van der Waals surface area contributed by atoms with Gasteiger partial charge in [-0.3, -0.25) is 4.98 Å². The van der Waals surface area contributed by atoms with Gasteiger partial charge in [0.15, 0.2) is 0 Å². The van der Waals surface area contributed by atoms with E-state index in [1.165, 1.54) is 19.4 Å². The Kier molecular flexibility index (Phi) is 4.31. The Morgan fingerprint density at radius 3 is 2.88 bits per heavy atom. The van der Waals surface area contributed by atoms with Gasteiger partial charge in [-0.1, -0.05) is 0 Å². The quantitative estimate of drug-likeness (QED) is 0.859. The van der Waals surface area contributed by atoms with Crippen LogP contribution in [-0.4, -0.2) is 36.1 Å². The molecule has 1 fully saturated rings. The minimum absolute atomic E-state index is 0.741. The van der Waals surface area contributed by atoms with Crippen LogP contribution in [0.25, 0.3) is 0 Å². The number of anilines is 1. The monoisotopic (exact) mass is 234 g/mol. The summed E-state index contributed by atoms with van der Waals surface area (Å²) >= 11 is 0. The molecule has 2 heterocycles. The van der Waals surface area contributed by atoms with Gasteiger partial charge in [-0.05, 0) is 45.7 Å². The highest BCUT2D eigenvalue weighted by atomic mass is 15.2. The molecule has 1 saturated heterocycles. The van der Waals surface area contributed by atoms with E-state index in [1.54, 1.807) is 12.4 Å². The summed E-state index contributed by atoms with van der Waals surface area (Å²) in [6, 6.07) is 0. The van der Waals surface area contributed by atoms with E-state index in [9.17, 15) is 0 Å². The molecule has 1 N–H and O–H groups in total. The summed E-state index contributed by atoms with van der Waals surface area (Å²) in [7, 11) is 0. The van der Waals surface area contributed by atoms with Crippen molar-refractivity contribution in [2.75, 3.05) is 31.1 Å². The molecule has 1 aliphatic heterocycles. The van der Waals surface area contributed by atoms with Crippen LogP contribution in [0.4, 0.5) is 5.82 Å². The molecule has 2 rings (SSSR count). The SMILES string of the molecule is CCN(CC1CCCNC1)c1nccnc1C. The lowest BCUT2D eigenvalue weighted by molar-refractivity contribution is 0.377. The Bertz CT molecular complexity index is 347. The van der Waals surface area contributed by atoms with Crippen LogP contribution in [0.2, 0.25) is 0 Å². The van der Waals surface area contributed by atoms with E-state index in [0.717, 1.165) is 37.1 Å². The zero-order chi connectivity index (χ0) is 12.1. The smallest absolute Gasteiger partial charge is 0.150 e. The van der Waals surface area contributed by atoms with Crippen molar-refractivity contribution in [1.29, 1.82) is 0 Å². The molecule has 1 unspecified atom stereocenters. The number of nitrogens with zero attached hydrogens (tertiary/aromatic N) is 3. The Morgan fingerprint density at radius 1 is 1.41 bits per heavy atom. The van der Waals surface area contributed by atoms with Crippen molar-refractivity contribution in [3.63, 3.8) is 0 Å². The van der Waals surface area contributed by atoms with Crippen LogP contribution in [-0.2, 0) is 0 Å². The molecule has 0 bridgehead atoms. The van der Waals surface area contributed by atoms with Gasteiger partial charge in [-0.15, -0.1) is 0 Å². The van der Waals surface area contributed by atoms with Crippen LogP contribution < -0.4 is 10.2 Å². The standard InChI is InChI=1S/C13H22N4/c1-3-17(10-12-5-4-6-14-9-12)13-11(2)15-7-8-16-13/h7-8,12,14H,3-6,9-10H2,1-2H3. The van der Waals surface area contributed by atoms with Gasteiger partial charge in [0.05, 0.1) is 5.69 Å². The van der Waals surface area contributed by atoms with Gasteiger partial charge in [-0.25, -0.2) is 4.98 Å². The number of piperidine rings is 1.